The van der Waals surface area contributed by atoms with Gasteiger partial charge in [-0.05, 0) is 37.5 Å². The fourth-order valence-electron chi connectivity index (χ4n) is 2.81. The van der Waals surface area contributed by atoms with E-state index in [-0.39, 0.29) is 23.4 Å². The van der Waals surface area contributed by atoms with E-state index in [1.807, 2.05) is 0 Å². The lowest BCUT2D eigenvalue weighted by atomic mass is 9.69. The van der Waals surface area contributed by atoms with Crippen molar-refractivity contribution in [1.82, 2.24) is 0 Å². The van der Waals surface area contributed by atoms with Crippen LogP contribution in [0.4, 0.5) is 0 Å². The molecule has 0 saturated carbocycles. The summed E-state index contributed by atoms with van der Waals surface area (Å²) >= 11 is 0. The Kier molecular flexibility index (Phi) is 7.83. The zero-order valence-corrected chi connectivity index (χ0v) is 15.0. The van der Waals surface area contributed by atoms with E-state index in [0.717, 1.165) is 32.1 Å². The Morgan fingerprint density at radius 3 is 1.75 bits per heavy atom. The van der Waals surface area contributed by atoms with E-state index < -0.39 is 5.41 Å². The zero-order chi connectivity index (χ0) is 16.0. The summed E-state index contributed by atoms with van der Waals surface area (Å²) in [4.78, 5) is 12.7. The lowest BCUT2D eigenvalue weighted by Gasteiger charge is -2.38. The average Bonchev–Trinajstić information content (AvgIpc) is 2.26. The zero-order valence-electron chi connectivity index (χ0n) is 15.0. The number of hydrogen-bond donors (Lipinski definition) is 0. The van der Waals surface area contributed by atoms with E-state index in [4.69, 9.17) is 4.74 Å². The second-order valence-electron chi connectivity index (χ2n) is 7.91. The molecule has 0 aliphatic heterocycles. The molecule has 2 heteroatoms. The predicted octanol–water partition coefficient (Wildman–Crippen LogP) is 5.60. The maximum absolute atomic E-state index is 12.7. The van der Waals surface area contributed by atoms with Crippen LogP contribution in [0.15, 0.2) is 0 Å². The third kappa shape index (κ3) is 6.28. The Morgan fingerprint density at radius 2 is 1.45 bits per heavy atom. The van der Waals surface area contributed by atoms with E-state index >= 15 is 0 Å². The van der Waals surface area contributed by atoms with Crippen molar-refractivity contribution in [3.63, 3.8) is 0 Å². The van der Waals surface area contributed by atoms with Crippen LogP contribution in [0.1, 0.15) is 87.5 Å². The highest BCUT2D eigenvalue weighted by Gasteiger charge is 2.42. The van der Waals surface area contributed by atoms with Crippen LogP contribution in [-0.2, 0) is 9.53 Å². The molecule has 0 aromatic heterocycles. The number of carbonyl (C=O) groups is 1. The minimum atomic E-state index is -0.391. The van der Waals surface area contributed by atoms with Crippen molar-refractivity contribution in [3.05, 3.63) is 0 Å². The van der Waals surface area contributed by atoms with Crippen LogP contribution >= 0.6 is 0 Å². The third-order valence-electron chi connectivity index (χ3n) is 4.13. The molecule has 0 aliphatic carbocycles. The van der Waals surface area contributed by atoms with E-state index in [1.54, 1.807) is 0 Å². The molecule has 0 amide bonds. The van der Waals surface area contributed by atoms with E-state index in [9.17, 15) is 4.79 Å². The molecule has 120 valence electrons. The summed E-state index contributed by atoms with van der Waals surface area (Å²) in [6.45, 7) is 17.2. The highest BCUT2D eigenvalue weighted by Crippen LogP contribution is 2.40. The van der Waals surface area contributed by atoms with Gasteiger partial charge in [0.15, 0.2) is 0 Å². The minimum absolute atomic E-state index is 0.00525. The van der Waals surface area contributed by atoms with Gasteiger partial charge in [0.2, 0.25) is 0 Å². The van der Waals surface area contributed by atoms with Gasteiger partial charge >= 0.3 is 5.97 Å². The Balaban J connectivity index is 4.96. The molecule has 20 heavy (non-hydrogen) atoms. The monoisotopic (exact) mass is 284 g/mol. The normalized spacial score (nSPS) is 15.5. The highest BCUT2D eigenvalue weighted by molar-refractivity contribution is 5.77. The Labute approximate surface area is 126 Å². The van der Waals surface area contributed by atoms with Gasteiger partial charge in [0.1, 0.15) is 6.10 Å². The van der Waals surface area contributed by atoms with E-state index in [0.29, 0.717) is 0 Å². The van der Waals surface area contributed by atoms with Gasteiger partial charge in [0.25, 0.3) is 0 Å². The van der Waals surface area contributed by atoms with Crippen molar-refractivity contribution in [2.45, 2.75) is 93.6 Å². The lowest BCUT2D eigenvalue weighted by molar-refractivity contribution is -0.166. The summed E-state index contributed by atoms with van der Waals surface area (Å²) < 4.78 is 5.86. The molecule has 0 fully saturated rings. The van der Waals surface area contributed by atoms with Crippen LogP contribution in [0, 0.1) is 16.7 Å². The molecule has 0 spiro atoms. The number of rotatable bonds is 8. The summed E-state index contributed by atoms with van der Waals surface area (Å²) in [7, 11) is 0. The van der Waals surface area contributed by atoms with Crippen LogP contribution in [0.2, 0.25) is 0 Å². The van der Waals surface area contributed by atoms with E-state index in [1.165, 1.54) is 0 Å². The smallest absolute Gasteiger partial charge is 0.312 e. The predicted molar refractivity (Wildman–Crippen MR) is 86.7 cm³/mol. The second kappa shape index (κ2) is 8.05. The molecular formula is C18H36O2. The number of esters is 1. The molecule has 0 aliphatic rings. The molecule has 0 saturated heterocycles. The van der Waals surface area contributed by atoms with Crippen LogP contribution in [0.25, 0.3) is 0 Å². The lowest BCUT2D eigenvalue weighted by Crippen LogP contribution is -2.40. The molecule has 0 radical (unpaired) electrons. The SMILES string of the molecule is CCCC(CCC)OC(=O)C(C)(CC(C)(C)C)C(C)C. The van der Waals surface area contributed by atoms with Gasteiger partial charge in [0, 0.05) is 0 Å². The van der Waals surface area contributed by atoms with Crippen LogP contribution in [-0.4, -0.2) is 12.1 Å². The Morgan fingerprint density at radius 1 is 1.00 bits per heavy atom. The summed E-state index contributed by atoms with van der Waals surface area (Å²) in [5.41, 5.74) is -0.263. The summed E-state index contributed by atoms with van der Waals surface area (Å²) in [6.07, 6.45) is 5.04. The van der Waals surface area contributed by atoms with Crippen molar-refractivity contribution in [1.29, 1.82) is 0 Å². The summed E-state index contributed by atoms with van der Waals surface area (Å²) in [5.74, 6) is 0.285. The Hall–Kier alpha value is -0.530. The molecule has 0 bridgehead atoms. The van der Waals surface area contributed by atoms with Crippen molar-refractivity contribution < 1.29 is 9.53 Å². The molecule has 1 atom stereocenters. The van der Waals surface area contributed by atoms with Gasteiger partial charge in [-0.3, -0.25) is 4.79 Å². The first-order chi connectivity index (χ1) is 9.06. The number of ether oxygens (including phenoxy) is 1. The first-order valence-corrected chi connectivity index (χ1v) is 8.28. The van der Waals surface area contributed by atoms with Crippen molar-refractivity contribution in [3.8, 4) is 0 Å². The molecule has 0 N–H and O–H groups in total. The van der Waals surface area contributed by atoms with Gasteiger partial charge in [-0.2, -0.15) is 0 Å². The van der Waals surface area contributed by atoms with Crippen molar-refractivity contribution in [2.24, 2.45) is 16.7 Å². The molecule has 0 heterocycles. The molecule has 0 aromatic carbocycles. The maximum Gasteiger partial charge on any atom is 0.312 e. The first-order valence-electron chi connectivity index (χ1n) is 8.28. The minimum Gasteiger partial charge on any atom is -0.462 e. The molecular weight excluding hydrogens is 248 g/mol. The second-order valence-corrected chi connectivity index (χ2v) is 7.91. The van der Waals surface area contributed by atoms with E-state index in [2.05, 4.69) is 55.4 Å². The largest absolute Gasteiger partial charge is 0.462 e. The maximum atomic E-state index is 12.7. The standard InChI is InChI=1S/C18H36O2/c1-9-11-15(12-10-2)20-16(19)18(8,14(3)4)13-17(5,6)7/h14-15H,9-13H2,1-8H3. The highest BCUT2D eigenvalue weighted by atomic mass is 16.5. The van der Waals surface area contributed by atoms with Crippen LogP contribution in [0.5, 0.6) is 0 Å². The van der Waals surface area contributed by atoms with Crippen LogP contribution in [0.3, 0.4) is 0 Å². The van der Waals surface area contributed by atoms with Gasteiger partial charge in [-0.1, -0.05) is 61.3 Å². The first kappa shape index (κ1) is 19.5. The fraction of sp³-hybridized carbons (Fsp3) is 0.944. The Bertz CT molecular complexity index is 282. The van der Waals surface area contributed by atoms with Gasteiger partial charge in [0.05, 0.1) is 5.41 Å². The topological polar surface area (TPSA) is 26.3 Å². The van der Waals surface area contributed by atoms with Gasteiger partial charge < -0.3 is 4.74 Å². The number of carbonyl (C=O) groups excluding carboxylic acids is 1. The average molecular weight is 284 g/mol. The molecule has 2 nitrogen and oxygen atoms in total. The van der Waals surface area contributed by atoms with Gasteiger partial charge in [-0.15, -0.1) is 0 Å². The summed E-state index contributed by atoms with van der Waals surface area (Å²) in [5, 5.41) is 0. The van der Waals surface area contributed by atoms with Crippen molar-refractivity contribution >= 4 is 5.97 Å². The third-order valence-corrected chi connectivity index (χ3v) is 4.13. The van der Waals surface area contributed by atoms with Gasteiger partial charge in [-0.25, -0.2) is 0 Å². The molecule has 0 aromatic rings. The van der Waals surface area contributed by atoms with Crippen LogP contribution < -0.4 is 0 Å². The quantitative estimate of drug-likeness (QED) is 0.542. The fourth-order valence-corrected chi connectivity index (χ4v) is 2.81. The number of hydrogen-bond acceptors (Lipinski definition) is 2. The van der Waals surface area contributed by atoms with Crippen molar-refractivity contribution in [2.75, 3.05) is 0 Å². The molecule has 1 unspecified atom stereocenters. The molecule has 0 rings (SSSR count). The summed E-state index contributed by atoms with van der Waals surface area (Å²) in [6, 6.07) is 0.